The average molecular weight is 368 g/mol. The van der Waals surface area contributed by atoms with Crippen LogP contribution in [0.5, 0.6) is 11.5 Å². The van der Waals surface area contributed by atoms with Gasteiger partial charge in [0.2, 0.25) is 5.43 Å². The Morgan fingerprint density at radius 1 is 0.926 bits per heavy atom. The number of hydrogen-bond acceptors (Lipinski definition) is 6. The van der Waals surface area contributed by atoms with Crippen LogP contribution in [0, 0.1) is 0 Å². The number of ether oxygens (including phenoxy) is 2. The normalized spacial score (nSPS) is 14.7. The van der Waals surface area contributed by atoms with E-state index in [1.807, 2.05) is 18.2 Å². The summed E-state index contributed by atoms with van der Waals surface area (Å²) in [6.45, 7) is 3.25. The van der Waals surface area contributed by atoms with Gasteiger partial charge in [-0.05, 0) is 30.3 Å². The lowest BCUT2D eigenvalue weighted by molar-refractivity contribution is 0.0926. The molecule has 6 nitrogen and oxygen atoms in total. The van der Waals surface area contributed by atoms with Crippen molar-refractivity contribution >= 4 is 11.5 Å². The second-order valence-electron chi connectivity index (χ2n) is 6.42. The standard InChI is InChI=1S/C21H24N2O4/c1-26-20-9-8-16(14-21(20)27-2)19(25)15-22-10-12-23(13-11-22)17-6-4-3-5-7-18(17)24/h3-9,14H,10-13,15H2,1-2H3. The number of ketones is 1. The van der Waals surface area contributed by atoms with E-state index < -0.39 is 0 Å². The topological polar surface area (TPSA) is 59.1 Å². The minimum Gasteiger partial charge on any atom is -0.493 e. The molecule has 6 heteroatoms. The van der Waals surface area contributed by atoms with Crippen LogP contribution >= 0.6 is 0 Å². The summed E-state index contributed by atoms with van der Waals surface area (Å²) in [7, 11) is 3.12. The van der Waals surface area contributed by atoms with Gasteiger partial charge in [-0.3, -0.25) is 14.5 Å². The third-order valence-electron chi connectivity index (χ3n) is 4.76. The SMILES string of the molecule is COc1ccc(C(=O)CN2CCN(c3cccccc3=O)CC2)cc1OC. The van der Waals surface area contributed by atoms with Crippen LogP contribution in [0.1, 0.15) is 10.4 Å². The summed E-state index contributed by atoms with van der Waals surface area (Å²) in [5.74, 6) is 1.19. The highest BCUT2D eigenvalue weighted by Gasteiger charge is 2.21. The van der Waals surface area contributed by atoms with Crippen LogP contribution in [0.4, 0.5) is 5.69 Å². The molecule has 0 unspecified atom stereocenters. The van der Waals surface area contributed by atoms with E-state index in [0.29, 0.717) is 29.3 Å². The summed E-state index contributed by atoms with van der Waals surface area (Å²) < 4.78 is 10.5. The summed E-state index contributed by atoms with van der Waals surface area (Å²) >= 11 is 0. The third-order valence-corrected chi connectivity index (χ3v) is 4.76. The van der Waals surface area contributed by atoms with E-state index >= 15 is 0 Å². The number of rotatable bonds is 6. The van der Waals surface area contributed by atoms with Gasteiger partial charge in [-0.2, -0.15) is 0 Å². The van der Waals surface area contributed by atoms with Gasteiger partial charge in [-0.25, -0.2) is 0 Å². The van der Waals surface area contributed by atoms with Crippen LogP contribution in [-0.4, -0.2) is 57.6 Å². The molecule has 2 aromatic rings. The van der Waals surface area contributed by atoms with E-state index in [2.05, 4.69) is 9.80 Å². The predicted octanol–water partition coefficient (Wildman–Crippen LogP) is 2.07. The van der Waals surface area contributed by atoms with Gasteiger partial charge < -0.3 is 14.4 Å². The molecule has 1 fully saturated rings. The molecule has 27 heavy (non-hydrogen) atoms. The second kappa shape index (κ2) is 8.68. The van der Waals surface area contributed by atoms with Crippen molar-refractivity contribution in [1.82, 2.24) is 4.90 Å². The molecule has 0 saturated carbocycles. The fourth-order valence-electron chi connectivity index (χ4n) is 3.23. The fraction of sp³-hybridized carbons (Fsp3) is 0.333. The van der Waals surface area contributed by atoms with Crippen LogP contribution in [0.25, 0.3) is 0 Å². The number of benzene rings is 1. The Kier molecular flexibility index (Phi) is 6.08. The van der Waals surface area contributed by atoms with Crippen molar-refractivity contribution in [1.29, 1.82) is 0 Å². The summed E-state index contributed by atoms with van der Waals surface area (Å²) in [6, 6.07) is 14.1. The summed E-state index contributed by atoms with van der Waals surface area (Å²) in [6.07, 6.45) is 0. The number of nitrogens with zero attached hydrogens (tertiary/aromatic N) is 2. The summed E-state index contributed by atoms with van der Waals surface area (Å²) in [5, 5.41) is 0. The Morgan fingerprint density at radius 2 is 1.63 bits per heavy atom. The lowest BCUT2D eigenvalue weighted by atomic mass is 10.1. The van der Waals surface area contributed by atoms with Gasteiger partial charge in [0.1, 0.15) is 0 Å². The van der Waals surface area contributed by atoms with Gasteiger partial charge in [0.25, 0.3) is 0 Å². The van der Waals surface area contributed by atoms with E-state index in [4.69, 9.17) is 9.47 Å². The zero-order chi connectivity index (χ0) is 19.2. The van der Waals surface area contributed by atoms with E-state index in [0.717, 1.165) is 26.2 Å². The van der Waals surface area contributed by atoms with Crippen LogP contribution in [0.2, 0.25) is 0 Å². The lowest BCUT2D eigenvalue weighted by Gasteiger charge is -2.35. The predicted molar refractivity (Wildman–Crippen MR) is 105 cm³/mol. The van der Waals surface area contributed by atoms with Gasteiger partial charge in [-0.1, -0.05) is 18.2 Å². The molecule has 0 atom stereocenters. The Bertz CT molecular complexity index is 861. The number of piperazine rings is 1. The summed E-state index contributed by atoms with van der Waals surface area (Å²) in [5.41, 5.74) is 1.34. The highest BCUT2D eigenvalue weighted by Crippen LogP contribution is 2.27. The first-order chi connectivity index (χ1) is 13.1. The molecule has 0 aliphatic carbocycles. The molecule has 1 saturated heterocycles. The molecular weight excluding hydrogens is 344 g/mol. The molecule has 0 radical (unpaired) electrons. The quantitative estimate of drug-likeness (QED) is 0.728. The van der Waals surface area contributed by atoms with E-state index in [1.54, 1.807) is 44.6 Å². The van der Waals surface area contributed by atoms with Gasteiger partial charge >= 0.3 is 0 Å². The largest absolute Gasteiger partial charge is 0.493 e. The van der Waals surface area contributed by atoms with Crippen molar-refractivity contribution in [2.45, 2.75) is 0 Å². The highest BCUT2D eigenvalue weighted by atomic mass is 16.5. The average Bonchev–Trinajstić information content (AvgIpc) is 2.92. The molecule has 1 aliphatic rings. The smallest absolute Gasteiger partial charge is 0.201 e. The molecule has 0 spiro atoms. The van der Waals surface area contributed by atoms with Crippen molar-refractivity contribution in [2.24, 2.45) is 0 Å². The first kappa shape index (κ1) is 18.9. The number of anilines is 1. The maximum Gasteiger partial charge on any atom is 0.201 e. The Hall–Kier alpha value is -2.86. The van der Waals surface area contributed by atoms with E-state index in [9.17, 15) is 9.59 Å². The number of carbonyl (C=O) groups excluding carboxylic acids is 1. The zero-order valence-corrected chi connectivity index (χ0v) is 15.7. The summed E-state index contributed by atoms with van der Waals surface area (Å²) in [4.78, 5) is 29.0. The fourth-order valence-corrected chi connectivity index (χ4v) is 3.23. The van der Waals surface area contributed by atoms with E-state index in [-0.39, 0.29) is 11.2 Å². The molecule has 2 aromatic carbocycles. The van der Waals surface area contributed by atoms with Crippen molar-refractivity contribution in [3.8, 4) is 11.5 Å². The third kappa shape index (κ3) is 4.46. The maximum absolute atomic E-state index is 12.6. The molecule has 0 bridgehead atoms. The molecule has 1 aliphatic heterocycles. The molecule has 0 N–H and O–H groups in total. The van der Waals surface area contributed by atoms with Gasteiger partial charge in [0.05, 0.1) is 26.5 Å². The van der Waals surface area contributed by atoms with Crippen LogP contribution < -0.4 is 19.8 Å². The van der Waals surface area contributed by atoms with Crippen molar-refractivity contribution < 1.29 is 14.3 Å². The number of methoxy groups -OCH3 is 2. The van der Waals surface area contributed by atoms with Crippen LogP contribution in [0.15, 0.2) is 53.3 Å². The van der Waals surface area contributed by atoms with Crippen LogP contribution in [0.3, 0.4) is 0 Å². The maximum atomic E-state index is 12.6. The second-order valence-corrected chi connectivity index (χ2v) is 6.42. The Morgan fingerprint density at radius 3 is 2.33 bits per heavy atom. The van der Waals surface area contributed by atoms with Gasteiger partial charge in [0.15, 0.2) is 17.3 Å². The highest BCUT2D eigenvalue weighted by molar-refractivity contribution is 5.98. The van der Waals surface area contributed by atoms with Crippen LogP contribution in [-0.2, 0) is 0 Å². The first-order valence-electron chi connectivity index (χ1n) is 8.94. The molecule has 0 amide bonds. The molecule has 142 valence electrons. The number of Topliss-reactive ketones (excluding diaryl/α,β-unsaturated/α-hetero) is 1. The lowest BCUT2D eigenvalue weighted by Crippen LogP contribution is -2.48. The van der Waals surface area contributed by atoms with Gasteiger partial charge in [-0.15, -0.1) is 0 Å². The molecule has 0 aromatic heterocycles. The molecular formula is C21H24N2O4. The Labute approximate surface area is 158 Å². The minimum atomic E-state index is 0.0230. The number of hydrogen-bond donors (Lipinski definition) is 0. The Balaban J connectivity index is 1.61. The van der Waals surface area contributed by atoms with E-state index in [1.165, 1.54) is 0 Å². The van der Waals surface area contributed by atoms with Crippen molar-refractivity contribution in [3.05, 3.63) is 64.3 Å². The molecule has 1 heterocycles. The molecule has 3 rings (SSSR count). The number of carbonyl (C=O) groups is 1. The van der Waals surface area contributed by atoms with Crippen molar-refractivity contribution in [2.75, 3.05) is 51.8 Å². The first-order valence-corrected chi connectivity index (χ1v) is 8.94. The van der Waals surface area contributed by atoms with Gasteiger partial charge in [0, 0.05) is 31.7 Å². The monoisotopic (exact) mass is 368 g/mol. The zero-order valence-electron chi connectivity index (χ0n) is 15.7. The van der Waals surface area contributed by atoms with Crippen molar-refractivity contribution in [3.63, 3.8) is 0 Å². The minimum absolute atomic E-state index is 0.0230.